The van der Waals surface area contributed by atoms with E-state index in [0.717, 1.165) is 40.5 Å². The van der Waals surface area contributed by atoms with Crippen LogP contribution in [0.1, 0.15) is 25.0 Å². The highest BCUT2D eigenvalue weighted by molar-refractivity contribution is 5.92. The van der Waals surface area contributed by atoms with Crippen LogP contribution in [-0.4, -0.2) is 24.9 Å². The van der Waals surface area contributed by atoms with Crippen molar-refractivity contribution in [2.75, 3.05) is 13.1 Å². The normalized spacial score (nSPS) is 11.0. The smallest absolute Gasteiger partial charge is 0.216 e. The van der Waals surface area contributed by atoms with Gasteiger partial charge in [-0.05, 0) is 64.1 Å². The fraction of sp³-hybridized carbons (Fsp3) is 0.231. The number of furan rings is 1. The highest BCUT2D eigenvalue weighted by Gasteiger charge is 2.10. The van der Waals surface area contributed by atoms with Crippen LogP contribution in [-0.2, 0) is 22.4 Å². The van der Waals surface area contributed by atoms with Gasteiger partial charge in [0.2, 0.25) is 11.8 Å². The molecule has 0 bridgehead atoms. The zero-order valence-corrected chi connectivity index (χ0v) is 17.8. The second-order valence-corrected chi connectivity index (χ2v) is 7.79. The number of fused-ring (bicyclic) bond motifs is 2. The fourth-order valence-corrected chi connectivity index (χ4v) is 3.94. The Kier molecular flexibility index (Phi) is 6.03. The predicted molar refractivity (Wildman–Crippen MR) is 124 cm³/mol. The maximum atomic E-state index is 11.2. The summed E-state index contributed by atoms with van der Waals surface area (Å²) in [6, 6.07) is 19.0. The molecule has 0 saturated heterocycles. The molecule has 1 aromatic heterocycles. The third-order valence-electron chi connectivity index (χ3n) is 5.50. The monoisotopic (exact) mass is 414 g/mol. The minimum Gasteiger partial charge on any atom is -0.464 e. The van der Waals surface area contributed by atoms with Gasteiger partial charge < -0.3 is 15.1 Å². The molecule has 4 aromatic rings. The summed E-state index contributed by atoms with van der Waals surface area (Å²) in [5.74, 6) is -0.0393. The Hall–Kier alpha value is -3.60. The molecule has 31 heavy (non-hydrogen) atoms. The van der Waals surface area contributed by atoms with E-state index in [2.05, 4.69) is 59.2 Å². The zero-order chi connectivity index (χ0) is 21.8. The van der Waals surface area contributed by atoms with Crippen molar-refractivity contribution in [3.8, 4) is 11.1 Å². The lowest BCUT2D eigenvalue weighted by atomic mass is 9.96. The van der Waals surface area contributed by atoms with Crippen LogP contribution in [0.4, 0.5) is 0 Å². The first-order valence-corrected chi connectivity index (χ1v) is 10.5. The Morgan fingerprint density at radius 1 is 0.774 bits per heavy atom. The molecule has 0 fully saturated rings. The van der Waals surface area contributed by atoms with Crippen LogP contribution in [0.25, 0.3) is 32.9 Å². The molecule has 0 unspecified atom stereocenters. The van der Waals surface area contributed by atoms with Gasteiger partial charge in [0.15, 0.2) is 0 Å². The van der Waals surface area contributed by atoms with Gasteiger partial charge in [-0.1, -0.05) is 36.4 Å². The molecule has 0 aliphatic heterocycles. The summed E-state index contributed by atoms with van der Waals surface area (Å²) in [5.41, 5.74) is 5.40. The Labute approximate surface area is 181 Å². The summed E-state index contributed by atoms with van der Waals surface area (Å²) in [7, 11) is 0. The maximum absolute atomic E-state index is 11.2. The number of nitrogens with one attached hydrogen (secondary N) is 2. The molecule has 0 atom stereocenters. The zero-order valence-electron chi connectivity index (χ0n) is 17.8. The van der Waals surface area contributed by atoms with Crippen LogP contribution in [0.5, 0.6) is 0 Å². The molecule has 3 aromatic carbocycles. The Morgan fingerprint density at radius 2 is 1.42 bits per heavy atom. The summed E-state index contributed by atoms with van der Waals surface area (Å²) in [6.07, 6.45) is 3.28. The highest BCUT2D eigenvalue weighted by atomic mass is 16.3. The molecule has 0 radical (unpaired) electrons. The van der Waals surface area contributed by atoms with Gasteiger partial charge in [0.05, 0.1) is 6.26 Å². The van der Waals surface area contributed by atoms with Crippen molar-refractivity contribution in [1.29, 1.82) is 0 Å². The van der Waals surface area contributed by atoms with Crippen LogP contribution in [0.3, 0.4) is 0 Å². The number of hydrogen-bond acceptors (Lipinski definition) is 3. The molecular formula is C26H26N2O3. The van der Waals surface area contributed by atoms with Crippen molar-refractivity contribution in [3.63, 3.8) is 0 Å². The van der Waals surface area contributed by atoms with Crippen molar-refractivity contribution < 1.29 is 14.0 Å². The van der Waals surface area contributed by atoms with E-state index in [0.29, 0.717) is 13.1 Å². The second kappa shape index (κ2) is 9.04. The topological polar surface area (TPSA) is 71.3 Å². The van der Waals surface area contributed by atoms with E-state index < -0.39 is 0 Å². The lowest BCUT2D eigenvalue weighted by molar-refractivity contribution is -0.119. The standard InChI is InChI=1S/C26H26N2O3/c1-17(29)27-12-10-20-5-3-4-19-6-7-21(14-24(19)20)22-8-9-26-25(15-22)23(16-31-26)11-13-28-18(2)30/h3-9,14-16H,10-13H2,1-2H3,(H,27,29)(H,28,30). The van der Waals surface area contributed by atoms with Crippen LogP contribution >= 0.6 is 0 Å². The van der Waals surface area contributed by atoms with E-state index in [-0.39, 0.29) is 11.8 Å². The molecule has 4 rings (SSSR count). The summed E-state index contributed by atoms with van der Waals surface area (Å²) >= 11 is 0. The summed E-state index contributed by atoms with van der Waals surface area (Å²) in [5, 5.41) is 9.17. The lowest BCUT2D eigenvalue weighted by Crippen LogP contribution is -2.22. The van der Waals surface area contributed by atoms with Gasteiger partial charge in [-0.15, -0.1) is 0 Å². The summed E-state index contributed by atoms with van der Waals surface area (Å²) in [4.78, 5) is 22.4. The van der Waals surface area contributed by atoms with Gasteiger partial charge in [-0.2, -0.15) is 0 Å². The number of amides is 2. The van der Waals surface area contributed by atoms with Crippen molar-refractivity contribution in [2.45, 2.75) is 26.7 Å². The van der Waals surface area contributed by atoms with Gasteiger partial charge in [-0.3, -0.25) is 9.59 Å². The number of hydrogen-bond donors (Lipinski definition) is 2. The van der Waals surface area contributed by atoms with Crippen LogP contribution in [0.15, 0.2) is 65.3 Å². The number of benzene rings is 3. The van der Waals surface area contributed by atoms with Crippen molar-refractivity contribution in [1.82, 2.24) is 10.6 Å². The largest absolute Gasteiger partial charge is 0.464 e. The van der Waals surface area contributed by atoms with E-state index in [9.17, 15) is 9.59 Å². The molecule has 0 aliphatic carbocycles. The van der Waals surface area contributed by atoms with E-state index in [1.807, 2.05) is 6.07 Å². The average molecular weight is 415 g/mol. The van der Waals surface area contributed by atoms with E-state index >= 15 is 0 Å². The van der Waals surface area contributed by atoms with E-state index in [1.54, 1.807) is 6.26 Å². The SMILES string of the molecule is CC(=O)NCCc1cccc2ccc(-c3ccc4occ(CCNC(C)=O)c4c3)cc12. The molecule has 0 spiro atoms. The minimum absolute atomic E-state index is 0.0105. The molecule has 0 aliphatic rings. The summed E-state index contributed by atoms with van der Waals surface area (Å²) in [6.45, 7) is 4.27. The van der Waals surface area contributed by atoms with E-state index in [1.165, 1.54) is 30.2 Å². The predicted octanol–water partition coefficient (Wildman–Crippen LogP) is 4.61. The Morgan fingerprint density at radius 3 is 2.13 bits per heavy atom. The second-order valence-electron chi connectivity index (χ2n) is 7.79. The third kappa shape index (κ3) is 4.77. The first-order chi connectivity index (χ1) is 15.0. The highest BCUT2D eigenvalue weighted by Crippen LogP contribution is 2.31. The van der Waals surface area contributed by atoms with Crippen LogP contribution in [0.2, 0.25) is 0 Å². The molecule has 0 saturated carbocycles. The molecule has 158 valence electrons. The van der Waals surface area contributed by atoms with Crippen molar-refractivity contribution in [3.05, 3.63) is 72.0 Å². The molecule has 5 nitrogen and oxygen atoms in total. The maximum Gasteiger partial charge on any atom is 0.216 e. The molecule has 2 amide bonds. The van der Waals surface area contributed by atoms with Gasteiger partial charge in [0.1, 0.15) is 5.58 Å². The number of carbonyl (C=O) groups is 2. The van der Waals surface area contributed by atoms with Crippen molar-refractivity contribution >= 4 is 33.6 Å². The minimum atomic E-state index is -0.0287. The van der Waals surface area contributed by atoms with Gasteiger partial charge in [-0.25, -0.2) is 0 Å². The van der Waals surface area contributed by atoms with Crippen LogP contribution in [0, 0.1) is 0 Å². The van der Waals surface area contributed by atoms with Gasteiger partial charge >= 0.3 is 0 Å². The third-order valence-corrected chi connectivity index (χ3v) is 5.50. The average Bonchev–Trinajstić information content (AvgIpc) is 3.15. The molecule has 5 heteroatoms. The lowest BCUT2D eigenvalue weighted by Gasteiger charge is -2.10. The summed E-state index contributed by atoms with van der Waals surface area (Å²) < 4.78 is 5.70. The fourth-order valence-electron chi connectivity index (χ4n) is 3.94. The Bertz CT molecular complexity index is 1260. The Balaban J connectivity index is 1.65. The first-order valence-electron chi connectivity index (χ1n) is 10.5. The molecule has 1 heterocycles. The number of carbonyl (C=O) groups excluding carboxylic acids is 2. The first kappa shape index (κ1) is 20.7. The van der Waals surface area contributed by atoms with Crippen molar-refractivity contribution in [2.24, 2.45) is 0 Å². The van der Waals surface area contributed by atoms with Gasteiger partial charge in [0.25, 0.3) is 0 Å². The van der Waals surface area contributed by atoms with E-state index in [4.69, 9.17) is 4.42 Å². The van der Waals surface area contributed by atoms with Gasteiger partial charge in [0, 0.05) is 32.3 Å². The van der Waals surface area contributed by atoms with Crippen LogP contribution < -0.4 is 10.6 Å². The quantitative estimate of drug-likeness (QED) is 0.464. The molecular weight excluding hydrogens is 388 g/mol. The molecule has 2 N–H and O–H groups in total. The number of rotatable bonds is 7.